The van der Waals surface area contributed by atoms with Crippen LogP contribution >= 0.6 is 0 Å². The average molecular weight is 254 g/mol. The van der Waals surface area contributed by atoms with E-state index in [9.17, 15) is 0 Å². The Kier molecular flexibility index (Phi) is 2.77. The van der Waals surface area contributed by atoms with Gasteiger partial charge in [-0.1, -0.05) is 27.7 Å². The summed E-state index contributed by atoms with van der Waals surface area (Å²) in [4.78, 5) is 9.64. The Bertz CT molecular complexity index is 741. The fourth-order valence-electron chi connectivity index (χ4n) is 2.42. The number of furan rings is 1. The molecule has 3 aromatic rings. The summed E-state index contributed by atoms with van der Waals surface area (Å²) in [7, 11) is 0. The van der Waals surface area contributed by atoms with Gasteiger partial charge >= 0.3 is 0 Å². The summed E-state index contributed by atoms with van der Waals surface area (Å²) in [5, 5.41) is 1.08. The van der Waals surface area contributed by atoms with Gasteiger partial charge in [0, 0.05) is 5.39 Å². The third-order valence-electron chi connectivity index (χ3n) is 3.40. The first-order chi connectivity index (χ1) is 9.08. The van der Waals surface area contributed by atoms with E-state index in [4.69, 9.17) is 14.4 Å². The first kappa shape index (κ1) is 12.2. The maximum absolute atomic E-state index is 5.56. The van der Waals surface area contributed by atoms with Gasteiger partial charge in [-0.3, -0.25) is 0 Å². The predicted octanol–water partition coefficient (Wildman–Crippen LogP) is 4.62. The lowest BCUT2D eigenvalue weighted by Crippen LogP contribution is -2.05. The van der Waals surface area contributed by atoms with Crippen molar-refractivity contribution < 1.29 is 4.42 Å². The minimum atomic E-state index is 0.361. The van der Waals surface area contributed by atoms with Crippen molar-refractivity contribution in [3.63, 3.8) is 0 Å². The Morgan fingerprint density at radius 3 is 2.26 bits per heavy atom. The van der Waals surface area contributed by atoms with Crippen molar-refractivity contribution in [2.75, 3.05) is 0 Å². The van der Waals surface area contributed by atoms with Gasteiger partial charge < -0.3 is 4.42 Å². The summed E-state index contributed by atoms with van der Waals surface area (Å²) in [6.45, 7) is 8.63. The fraction of sp³-hybridized carbons (Fsp3) is 0.375. The van der Waals surface area contributed by atoms with Gasteiger partial charge in [0.2, 0.25) is 0 Å². The second kappa shape index (κ2) is 4.34. The number of aromatic nitrogens is 2. The SMILES string of the molecule is CC(C)c1nc2ccc3ccoc3c2nc1C(C)C. The number of hydrogen-bond donors (Lipinski definition) is 0. The third-order valence-corrected chi connectivity index (χ3v) is 3.40. The van der Waals surface area contributed by atoms with Crippen LogP contribution < -0.4 is 0 Å². The zero-order valence-corrected chi connectivity index (χ0v) is 11.8. The molecule has 19 heavy (non-hydrogen) atoms. The van der Waals surface area contributed by atoms with Crippen LogP contribution in [0.2, 0.25) is 0 Å². The molecule has 0 spiro atoms. The summed E-state index contributed by atoms with van der Waals surface area (Å²) in [6.07, 6.45) is 1.71. The number of hydrogen-bond acceptors (Lipinski definition) is 3. The van der Waals surface area contributed by atoms with Gasteiger partial charge in [0.05, 0.1) is 23.2 Å². The largest absolute Gasteiger partial charge is 0.462 e. The molecule has 2 aromatic heterocycles. The van der Waals surface area contributed by atoms with Crippen molar-refractivity contribution in [1.82, 2.24) is 9.97 Å². The normalized spacial score (nSPS) is 12.1. The van der Waals surface area contributed by atoms with Gasteiger partial charge in [-0.15, -0.1) is 0 Å². The van der Waals surface area contributed by atoms with E-state index in [1.165, 1.54) is 0 Å². The van der Waals surface area contributed by atoms with E-state index in [0.717, 1.165) is 33.4 Å². The maximum Gasteiger partial charge on any atom is 0.161 e. The van der Waals surface area contributed by atoms with Crippen molar-refractivity contribution in [2.45, 2.75) is 39.5 Å². The Morgan fingerprint density at radius 2 is 1.58 bits per heavy atom. The molecule has 0 bridgehead atoms. The highest BCUT2D eigenvalue weighted by molar-refractivity contribution is 6.00. The van der Waals surface area contributed by atoms with E-state index in [0.29, 0.717) is 11.8 Å². The topological polar surface area (TPSA) is 38.9 Å². The average Bonchev–Trinajstić information content (AvgIpc) is 2.85. The van der Waals surface area contributed by atoms with Gasteiger partial charge in [-0.25, -0.2) is 9.97 Å². The van der Waals surface area contributed by atoms with Crippen LogP contribution in [0.3, 0.4) is 0 Å². The van der Waals surface area contributed by atoms with Crippen LogP contribution in [0, 0.1) is 0 Å². The summed E-state index contributed by atoms with van der Waals surface area (Å²) < 4.78 is 5.56. The minimum absolute atomic E-state index is 0.361. The molecular weight excluding hydrogens is 236 g/mol. The Labute approximate surface area is 112 Å². The summed E-state index contributed by atoms with van der Waals surface area (Å²) >= 11 is 0. The van der Waals surface area contributed by atoms with Crippen LogP contribution in [0.25, 0.3) is 22.0 Å². The highest BCUT2D eigenvalue weighted by Crippen LogP contribution is 2.29. The van der Waals surface area contributed by atoms with Crippen LogP contribution in [0.4, 0.5) is 0 Å². The lowest BCUT2D eigenvalue weighted by Gasteiger charge is -2.14. The third kappa shape index (κ3) is 1.89. The van der Waals surface area contributed by atoms with Crippen molar-refractivity contribution in [3.8, 4) is 0 Å². The highest BCUT2D eigenvalue weighted by Gasteiger charge is 2.16. The van der Waals surface area contributed by atoms with E-state index in [1.807, 2.05) is 18.2 Å². The molecule has 0 radical (unpaired) electrons. The molecule has 0 aliphatic carbocycles. The van der Waals surface area contributed by atoms with Crippen LogP contribution in [0.15, 0.2) is 28.9 Å². The van der Waals surface area contributed by atoms with Gasteiger partial charge in [0.25, 0.3) is 0 Å². The van der Waals surface area contributed by atoms with Crippen molar-refractivity contribution in [3.05, 3.63) is 35.9 Å². The fourth-order valence-corrected chi connectivity index (χ4v) is 2.42. The predicted molar refractivity (Wildman–Crippen MR) is 77.5 cm³/mol. The smallest absolute Gasteiger partial charge is 0.161 e. The molecule has 0 saturated heterocycles. The molecule has 1 aromatic carbocycles. The van der Waals surface area contributed by atoms with E-state index < -0.39 is 0 Å². The van der Waals surface area contributed by atoms with E-state index in [1.54, 1.807) is 6.26 Å². The zero-order valence-electron chi connectivity index (χ0n) is 11.8. The second-order valence-corrected chi connectivity index (χ2v) is 5.58. The molecule has 0 amide bonds. The molecule has 3 rings (SSSR count). The monoisotopic (exact) mass is 254 g/mol. The molecule has 0 aliphatic heterocycles. The number of fused-ring (bicyclic) bond motifs is 3. The first-order valence-electron chi connectivity index (χ1n) is 6.75. The van der Waals surface area contributed by atoms with Gasteiger partial charge in [0.1, 0.15) is 5.52 Å². The van der Waals surface area contributed by atoms with Crippen LogP contribution in [-0.2, 0) is 0 Å². The molecule has 0 aliphatic rings. The Balaban J connectivity index is 2.40. The number of rotatable bonds is 2. The zero-order chi connectivity index (χ0) is 13.6. The first-order valence-corrected chi connectivity index (χ1v) is 6.75. The molecule has 0 atom stereocenters. The van der Waals surface area contributed by atoms with Crippen LogP contribution in [0.5, 0.6) is 0 Å². The quantitative estimate of drug-likeness (QED) is 0.669. The molecule has 0 saturated carbocycles. The lowest BCUT2D eigenvalue weighted by molar-refractivity contribution is 0.617. The van der Waals surface area contributed by atoms with Gasteiger partial charge in [-0.05, 0) is 30.0 Å². The standard InChI is InChI=1S/C16H18N2O/c1-9(2)13-14(10(3)4)18-15-12(17-13)6-5-11-7-8-19-16(11)15/h5-10H,1-4H3. The highest BCUT2D eigenvalue weighted by atomic mass is 16.3. The molecule has 0 unspecified atom stereocenters. The molecule has 3 nitrogen and oxygen atoms in total. The van der Waals surface area contributed by atoms with Crippen molar-refractivity contribution in [2.24, 2.45) is 0 Å². The number of nitrogens with zero attached hydrogens (tertiary/aromatic N) is 2. The lowest BCUT2D eigenvalue weighted by atomic mass is 10.00. The molecule has 0 N–H and O–H groups in total. The molecular formula is C16H18N2O. The Morgan fingerprint density at radius 1 is 0.895 bits per heavy atom. The van der Waals surface area contributed by atoms with Crippen LogP contribution in [-0.4, -0.2) is 9.97 Å². The maximum atomic E-state index is 5.56. The van der Waals surface area contributed by atoms with Gasteiger partial charge in [0.15, 0.2) is 5.58 Å². The summed E-state index contributed by atoms with van der Waals surface area (Å²) in [6, 6.07) is 6.02. The van der Waals surface area contributed by atoms with E-state index >= 15 is 0 Å². The summed E-state index contributed by atoms with van der Waals surface area (Å²) in [5.41, 5.74) is 4.79. The van der Waals surface area contributed by atoms with Gasteiger partial charge in [-0.2, -0.15) is 0 Å². The molecule has 2 heterocycles. The molecule has 98 valence electrons. The second-order valence-electron chi connectivity index (χ2n) is 5.58. The molecule has 3 heteroatoms. The van der Waals surface area contributed by atoms with Crippen LogP contribution in [0.1, 0.15) is 50.9 Å². The summed E-state index contributed by atoms with van der Waals surface area (Å²) in [5.74, 6) is 0.737. The van der Waals surface area contributed by atoms with Crippen molar-refractivity contribution in [1.29, 1.82) is 0 Å². The Hall–Kier alpha value is -1.90. The number of benzene rings is 1. The molecule has 0 fully saturated rings. The van der Waals surface area contributed by atoms with Crippen molar-refractivity contribution >= 4 is 22.0 Å². The van der Waals surface area contributed by atoms with E-state index in [-0.39, 0.29) is 0 Å². The van der Waals surface area contributed by atoms with E-state index in [2.05, 4.69) is 27.7 Å². The minimum Gasteiger partial charge on any atom is -0.462 e.